The van der Waals surface area contributed by atoms with Crippen molar-refractivity contribution in [3.05, 3.63) is 256 Å². The van der Waals surface area contributed by atoms with Crippen molar-refractivity contribution in [2.45, 2.75) is 49.9 Å². The molecule has 0 saturated heterocycles. The van der Waals surface area contributed by atoms with Gasteiger partial charge in [-0.2, -0.15) is 0 Å². The van der Waals surface area contributed by atoms with Gasteiger partial charge < -0.3 is 4.90 Å². The van der Waals surface area contributed by atoms with E-state index >= 15 is 0 Å². The largest absolute Gasteiger partial charge is 0.310 e. The lowest BCUT2D eigenvalue weighted by atomic mass is 9.73. The molecule has 0 fully saturated rings. The third-order valence-corrected chi connectivity index (χ3v) is 15.5. The Kier molecular flexibility index (Phi) is 7.60. The van der Waals surface area contributed by atoms with Gasteiger partial charge in [0.1, 0.15) is 0 Å². The minimum atomic E-state index is -0.320. The van der Waals surface area contributed by atoms with Crippen molar-refractivity contribution in [3.8, 4) is 44.5 Å². The van der Waals surface area contributed by atoms with E-state index in [1.807, 2.05) is 0 Å². The highest BCUT2D eigenvalue weighted by Crippen LogP contribution is 2.60. The van der Waals surface area contributed by atoms with Crippen LogP contribution < -0.4 is 4.90 Å². The van der Waals surface area contributed by atoms with Gasteiger partial charge in [-0.25, -0.2) is 0 Å². The van der Waals surface area contributed by atoms with Gasteiger partial charge >= 0.3 is 0 Å². The summed E-state index contributed by atoms with van der Waals surface area (Å²) in [6.07, 6.45) is 2.14. The predicted octanol–water partition coefficient (Wildman–Crippen LogP) is 15.7. The van der Waals surface area contributed by atoms with Crippen LogP contribution in [0, 0.1) is 0 Å². The first-order valence-corrected chi connectivity index (χ1v) is 22.6. The molecule has 2 unspecified atom stereocenters. The van der Waals surface area contributed by atoms with Crippen LogP contribution in [0.25, 0.3) is 44.5 Å². The Balaban J connectivity index is 1.04. The van der Waals surface area contributed by atoms with Crippen molar-refractivity contribution in [3.63, 3.8) is 0 Å². The lowest BCUT2D eigenvalue weighted by molar-refractivity contribution is 0.626. The van der Waals surface area contributed by atoms with E-state index in [0.29, 0.717) is 0 Å². The van der Waals surface area contributed by atoms with E-state index in [0.717, 1.165) is 24.2 Å². The van der Waals surface area contributed by atoms with E-state index in [9.17, 15) is 0 Å². The summed E-state index contributed by atoms with van der Waals surface area (Å²) in [5, 5.41) is 0. The molecule has 0 heterocycles. The smallest absolute Gasteiger partial charge is 0.0470 e. The monoisotopic (exact) mass is 805 g/mol. The molecule has 0 radical (unpaired) electrons. The Morgan fingerprint density at radius 2 is 0.889 bits per heavy atom. The summed E-state index contributed by atoms with van der Waals surface area (Å²) in [7, 11) is 0. The third-order valence-electron chi connectivity index (χ3n) is 15.5. The number of benzene rings is 9. The zero-order valence-corrected chi connectivity index (χ0v) is 36.0. The molecular formula is C62H47N. The topological polar surface area (TPSA) is 3.24 Å². The van der Waals surface area contributed by atoms with Crippen molar-refractivity contribution in [2.75, 3.05) is 4.90 Å². The van der Waals surface area contributed by atoms with Crippen molar-refractivity contribution in [1.82, 2.24) is 0 Å². The fourth-order valence-corrected chi connectivity index (χ4v) is 12.7. The normalized spacial score (nSPS) is 18.8. The lowest BCUT2D eigenvalue weighted by Crippen LogP contribution is -2.24. The van der Waals surface area contributed by atoms with E-state index in [1.54, 1.807) is 0 Å². The van der Waals surface area contributed by atoms with Gasteiger partial charge in [-0.1, -0.05) is 184 Å². The molecule has 0 aromatic heterocycles. The summed E-state index contributed by atoms with van der Waals surface area (Å²) in [5.41, 5.74) is 25.9. The van der Waals surface area contributed by atoms with Crippen LogP contribution in [-0.2, 0) is 22.7 Å². The Labute approximate surface area is 371 Å². The average molecular weight is 806 g/mol. The van der Waals surface area contributed by atoms with Gasteiger partial charge in [0.05, 0.1) is 0 Å². The molecule has 0 saturated carbocycles. The molecule has 1 heteroatoms. The minimum Gasteiger partial charge on any atom is -0.310 e. The van der Waals surface area contributed by atoms with E-state index < -0.39 is 0 Å². The quantitative estimate of drug-likeness (QED) is 0.167. The summed E-state index contributed by atoms with van der Waals surface area (Å²) >= 11 is 0. The number of hydrogen-bond acceptors (Lipinski definition) is 1. The lowest BCUT2D eigenvalue weighted by Gasteiger charge is -2.32. The van der Waals surface area contributed by atoms with Gasteiger partial charge in [0.25, 0.3) is 0 Å². The second-order valence-corrected chi connectivity index (χ2v) is 18.9. The summed E-state index contributed by atoms with van der Waals surface area (Å²) in [6, 6.07) is 78.2. The van der Waals surface area contributed by atoms with E-state index in [1.165, 1.54) is 100 Å². The molecule has 1 nitrogen and oxygen atoms in total. The zero-order valence-electron chi connectivity index (χ0n) is 36.0. The van der Waals surface area contributed by atoms with Crippen LogP contribution >= 0.6 is 0 Å². The van der Waals surface area contributed by atoms with Gasteiger partial charge in [0.2, 0.25) is 0 Å². The molecule has 0 bridgehead atoms. The van der Waals surface area contributed by atoms with Crippen LogP contribution in [0.4, 0.5) is 17.1 Å². The maximum Gasteiger partial charge on any atom is 0.0470 e. The molecule has 9 aromatic rings. The Hall–Kier alpha value is -7.22. The second-order valence-electron chi connectivity index (χ2n) is 18.9. The van der Waals surface area contributed by atoms with Crippen molar-refractivity contribution in [1.29, 1.82) is 0 Å². The van der Waals surface area contributed by atoms with Crippen LogP contribution in [0.2, 0.25) is 0 Å². The molecule has 300 valence electrons. The van der Waals surface area contributed by atoms with E-state index in [-0.39, 0.29) is 16.2 Å². The van der Waals surface area contributed by atoms with Gasteiger partial charge in [-0.3, -0.25) is 0 Å². The number of nitrogens with zero attached hydrogens (tertiary/aromatic N) is 1. The van der Waals surface area contributed by atoms with Crippen LogP contribution in [0.3, 0.4) is 0 Å². The van der Waals surface area contributed by atoms with E-state index in [4.69, 9.17) is 0 Å². The Bertz CT molecular complexity index is 3350. The molecule has 4 aliphatic carbocycles. The highest BCUT2D eigenvalue weighted by atomic mass is 15.1. The fourth-order valence-electron chi connectivity index (χ4n) is 12.7. The summed E-state index contributed by atoms with van der Waals surface area (Å²) in [6.45, 7) is 7.21. The Morgan fingerprint density at radius 3 is 1.65 bits per heavy atom. The molecule has 13 rings (SSSR count). The van der Waals surface area contributed by atoms with Gasteiger partial charge in [-0.05, 0) is 151 Å². The fraction of sp³-hybridized carbons (Fsp3) is 0.129. The maximum absolute atomic E-state index is 2.54. The molecule has 1 spiro atoms. The number of anilines is 3. The highest BCUT2D eigenvalue weighted by molar-refractivity contribution is 5.93. The van der Waals surface area contributed by atoms with E-state index in [2.05, 4.69) is 232 Å². The second kappa shape index (κ2) is 13.1. The SMILES string of the molecule is CC1(C)c2ccccc2-c2cccc(-c3cccc(N(c4ccc5c(c4)C(C)(c4ccccc4)c4ccccc4-5)c4ccc5c(c4)C4(CCc6ccccc64)c4ccccc4-5)c3)c21. The summed E-state index contributed by atoms with van der Waals surface area (Å²) in [5.74, 6) is 0. The minimum absolute atomic E-state index is 0.129. The van der Waals surface area contributed by atoms with Crippen LogP contribution in [0.5, 0.6) is 0 Å². The molecule has 4 aliphatic rings. The van der Waals surface area contributed by atoms with Crippen LogP contribution in [-0.4, -0.2) is 0 Å². The van der Waals surface area contributed by atoms with Crippen molar-refractivity contribution in [2.24, 2.45) is 0 Å². The van der Waals surface area contributed by atoms with Gasteiger partial charge in [0.15, 0.2) is 0 Å². The summed E-state index contributed by atoms with van der Waals surface area (Å²) < 4.78 is 0. The third kappa shape index (κ3) is 4.88. The van der Waals surface area contributed by atoms with Crippen molar-refractivity contribution < 1.29 is 0 Å². The molecular weight excluding hydrogens is 759 g/mol. The first kappa shape index (κ1) is 36.4. The van der Waals surface area contributed by atoms with Gasteiger partial charge in [0, 0.05) is 33.3 Å². The highest BCUT2D eigenvalue weighted by Gasteiger charge is 2.49. The molecule has 0 N–H and O–H groups in total. The first-order chi connectivity index (χ1) is 30.9. The molecule has 0 aliphatic heterocycles. The first-order valence-electron chi connectivity index (χ1n) is 22.6. The zero-order chi connectivity index (χ0) is 42.1. The summed E-state index contributed by atoms with van der Waals surface area (Å²) in [4.78, 5) is 2.54. The average Bonchev–Trinajstić information content (AvgIpc) is 4.02. The van der Waals surface area contributed by atoms with Crippen molar-refractivity contribution >= 4 is 17.1 Å². The molecule has 2 atom stereocenters. The number of rotatable bonds is 5. The number of fused-ring (bicyclic) bond motifs is 13. The predicted molar refractivity (Wildman–Crippen MR) is 262 cm³/mol. The molecule has 63 heavy (non-hydrogen) atoms. The van der Waals surface area contributed by atoms with Crippen LogP contribution in [0.15, 0.2) is 206 Å². The number of aryl methyl sites for hydroxylation is 1. The maximum atomic E-state index is 2.54. The Morgan fingerprint density at radius 1 is 0.365 bits per heavy atom. The van der Waals surface area contributed by atoms with Gasteiger partial charge in [-0.15, -0.1) is 0 Å². The molecule has 0 amide bonds. The van der Waals surface area contributed by atoms with Crippen LogP contribution in [0.1, 0.15) is 77.3 Å². The molecule has 9 aromatic carbocycles. The standard InChI is InChI=1S/C62H47N/c1-60(2)54-28-12-8-24-49(54)52-26-16-25-46(59(52)60)41-18-15-21-43(37-41)63(44-31-33-50-47-22-9-13-29-55(47)61(3,57(50)38-44)42-19-5-4-6-20-42)45-32-34-51-48-23-10-14-30-56(48)62(58(51)39-45)36-35-40-17-7-11-27-53(40)62/h4-34,37-39H,35-36H2,1-3H3. The number of hydrogen-bond donors (Lipinski definition) is 0.